The van der Waals surface area contributed by atoms with E-state index < -0.39 is 0 Å². The number of H-pyrrole nitrogens is 1. The van der Waals surface area contributed by atoms with Gasteiger partial charge in [-0.05, 0) is 29.8 Å². The fraction of sp³-hybridized carbons (Fsp3) is 0. The zero-order chi connectivity index (χ0) is 15.6. The Balaban J connectivity index is 1.80. The van der Waals surface area contributed by atoms with Gasteiger partial charge in [0.25, 0.3) is 5.56 Å². The zero-order valence-electron chi connectivity index (χ0n) is 11.9. The van der Waals surface area contributed by atoms with Crippen molar-refractivity contribution in [1.82, 2.24) is 15.0 Å². The number of para-hydroxylation sites is 1. The lowest BCUT2D eigenvalue weighted by molar-refractivity contribution is 1.25. The van der Waals surface area contributed by atoms with Crippen molar-refractivity contribution in [2.45, 2.75) is 0 Å². The molecule has 0 spiro atoms. The van der Waals surface area contributed by atoms with Gasteiger partial charge < -0.3 is 4.98 Å². The molecule has 0 atom stereocenters. The van der Waals surface area contributed by atoms with E-state index in [9.17, 15) is 4.79 Å². The van der Waals surface area contributed by atoms with Crippen LogP contribution in [0.4, 0.5) is 0 Å². The van der Waals surface area contributed by atoms with Crippen LogP contribution in [-0.4, -0.2) is 15.0 Å². The highest BCUT2D eigenvalue weighted by Gasteiger charge is 2.01. The third-order valence-electron chi connectivity index (χ3n) is 3.23. The summed E-state index contributed by atoms with van der Waals surface area (Å²) >= 11 is 3.03. The van der Waals surface area contributed by atoms with Crippen molar-refractivity contribution in [3.05, 3.63) is 78.9 Å². The predicted molar refractivity (Wildman–Crippen MR) is 95.2 cm³/mol. The quantitative estimate of drug-likeness (QED) is 0.609. The largest absolute Gasteiger partial charge is 0.313 e. The minimum Gasteiger partial charge on any atom is -0.313 e. The average molecular weight is 337 g/mol. The van der Waals surface area contributed by atoms with Gasteiger partial charge in [-0.2, -0.15) is 0 Å². The highest BCUT2D eigenvalue weighted by Crippen LogP contribution is 2.21. The molecule has 3 aromatic heterocycles. The van der Waals surface area contributed by atoms with E-state index in [-0.39, 0.29) is 5.56 Å². The first-order valence-electron chi connectivity index (χ1n) is 6.96. The Morgan fingerprint density at radius 2 is 1.96 bits per heavy atom. The summed E-state index contributed by atoms with van der Waals surface area (Å²) < 4.78 is 2.59. The van der Waals surface area contributed by atoms with Crippen LogP contribution in [0.1, 0.15) is 10.6 Å². The van der Waals surface area contributed by atoms with Crippen LogP contribution in [0, 0.1) is 0 Å². The molecule has 112 valence electrons. The lowest BCUT2D eigenvalue weighted by atomic mass is 10.3. The number of aromatic amines is 1. The number of thiazole rings is 2. The number of pyridine rings is 1. The van der Waals surface area contributed by atoms with Gasteiger partial charge in [0.05, 0.1) is 19.4 Å². The van der Waals surface area contributed by atoms with Gasteiger partial charge in [0.15, 0.2) is 0 Å². The number of rotatable bonds is 2. The average Bonchev–Trinajstić information content (AvgIpc) is 3.11. The molecule has 23 heavy (non-hydrogen) atoms. The normalized spacial score (nSPS) is 13.0. The van der Waals surface area contributed by atoms with E-state index in [0.717, 1.165) is 25.5 Å². The zero-order valence-corrected chi connectivity index (χ0v) is 13.5. The van der Waals surface area contributed by atoms with E-state index in [2.05, 4.69) is 15.0 Å². The van der Waals surface area contributed by atoms with E-state index in [0.29, 0.717) is 4.53 Å². The van der Waals surface area contributed by atoms with Crippen LogP contribution in [0.25, 0.3) is 22.4 Å². The summed E-state index contributed by atoms with van der Waals surface area (Å²) in [5.74, 6) is 0. The molecule has 0 bridgehead atoms. The van der Waals surface area contributed by atoms with E-state index in [1.807, 2.05) is 48.6 Å². The molecule has 4 rings (SSSR count). The number of hydrogen-bond acceptors (Lipinski definition) is 5. The maximum absolute atomic E-state index is 12.1. The molecule has 6 heteroatoms. The Morgan fingerprint density at radius 1 is 1.04 bits per heavy atom. The van der Waals surface area contributed by atoms with Crippen molar-refractivity contribution in [2.24, 2.45) is 0 Å². The van der Waals surface area contributed by atoms with E-state index >= 15 is 0 Å². The first-order chi connectivity index (χ1) is 11.3. The van der Waals surface area contributed by atoms with E-state index in [1.54, 1.807) is 23.7 Å². The Morgan fingerprint density at radius 3 is 2.78 bits per heavy atom. The third-order valence-corrected chi connectivity index (χ3v) is 5.17. The van der Waals surface area contributed by atoms with Gasteiger partial charge in [0.1, 0.15) is 5.01 Å². The molecule has 0 aliphatic heterocycles. The highest BCUT2D eigenvalue weighted by atomic mass is 32.1. The molecule has 4 aromatic rings. The Kier molecular flexibility index (Phi) is 3.61. The summed E-state index contributed by atoms with van der Waals surface area (Å²) in [7, 11) is 0. The molecule has 0 saturated heterocycles. The minimum absolute atomic E-state index is 0.0915. The second-order valence-electron chi connectivity index (χ2n) is 4.88. The van der Waals surface area contributed by atoms with Gasteiger partial charge in [-0.1, -0.05) is 18.2 Å². The second-order valence-corrected chi connectivity index (χ2v) is 7.03. The molecule has 0 saturated carbocycles. The summed E-state index contributed by atoms with van der Waals surface area (Å²) in [6, 6.07) is 11.8. The summed E-state index contributed by atoms with van der Waals surface area (Å²) in [4.78, 5) is 23.6. The van der Waals surface area contributed by atoms with Crippen LogP contribution in [-0.2, 0) is 0 Å². The SMILES string of the molecule is O=c1[nH]/c(=C/c2nc3ccccc3s2)s/c1=C\c1cccnc1. The predicted octanol–water partition coefficient (Wildman–Crippen LogP) is 2.10. The highest BCUT2D eigenvalue weighted by molar-refractivity contribution is 7.19. The van der Waals surface area contributed by atoms with Gasteiger partial charge in [-0.25, -0.2) is 4.98 Å². The fourth-order valence-electron chi connectivity index (χ4n) is 2.20. The molecule has 3 heterocycles. The lowest BCUT2D eigenvalue weighted by Gasteiger charge is -1.86. The van der Waals surface area contributed by atoms with Crippen molar-refractivity contribution in [3.8, 4) is 0 Å². The Hall–Kier alpha value is -2.57. The molecule has 4 nitrogen and oxygen atoms in total. The monoisotopic (exact) mass is 337 g/mol. The topological polar surface area (TPSA) is 58.6 Å². The van der Waals surface area contributed by atoms with Gasteiger partial charge in [-0.3, -0.25) is 9.78 Å². The molecule has 0 radical (unpaired) electrons. The molecule has 0 fully saturated rings. The number of hydrogen-bond donors (Lipinski definition) is 1. The molecule has 0 unspecified atom stereocenters. The van der Waals surface area contributed by atoms with Crippen molar-refractivity contribution in [2.75, 3.05) is 0 Å². The fourth-order valence-corrected chi connectivity index (χ4v) is 4.08. The van der Waals surface area contributed by atoms with Crippen LogP contribution in [0.2, 0.25) is 0 Å². The Bertz CT molecular complexity index is 1110. The lowest BCUT2D eigenvalue weighted by Crippen LogP contribution is -2.19. The first-order valence-corrected chi connectivity index (χ1v) is 8.59. The van der Waals surface area contributed by atoms with Crippen LogP contribution in [0.5, 0.6) is 0 Å². The number of fused-ring (bicyclic) bond motifs is 1. The molecule has 0 amide bonds. The molecule has 0 aliphatic carbocycles. The summed E-state index contributed by atoms with van der Waals surface area (Å²) in [5, 5.41) is 0.886. The Labute approximate surface area is 139 Å². The van der Waals surface area contributed by atoms with Crippen molar-refractivity contribution >= 4 is 45.0 Å². The standard InChI is InChI=1S/C17H11N3OS2/c21-17-14(8-11-4-3-7-18-10-11)23-16(20-17)9-15-19-12-5-1-2-6-13(12)22-15/h1-10H,(H,20,21)/b14-8-,16-9-. The molecular weight excluding hydrogens is 326 g/mol. The van der Waals surface area contributed by atoms with Crippen molar-refractivity contribution < 1.29 is 0 Å². The van der Waals surface area contributed by atoms with Crippen molar-refractivity contribution in [3.63, 3.8) is 0 Å². The molecular formula is C17H11N3OS2. The summed E-state index contributed by atoms with van der Waals surface area (Å²) in [5.41, 5.74) is 1.79. The molecule has 0 aliphatic rings. The van der Waals surface area contributed by atoms with Gasteiger partial charge in [0, 0.05) is 18.5 Å². The van der Waals surface area contributed by atoms with Gasteiger partial charge in [-0.15, -0.1) is 22.7 Å². The number of nitrogens with zero attached hydrogens (tertiary/aromatic N) is 2. The van der Waals surface area contributed by atoms with Gasteiger partial charge in [0.2, 0.25) is 0 Å². The molecule has 1 aromatic carbocycles. The van der Waals surface area contributed by atoms with Crippen LogP contribution in [0.3, 0.4) is 0 Å². The van der Waals surface area contributed by atoms with E-state index in [4.69, 9.17) is 0 Å². The smallest absolute Gasteiger partial charge is 0.266 e. The van der Waals surface area contributed by atoms with Crippen molar-refractivity contribution in [1.29, 1.82) is 0 Å². The maximum atomic E-state index is 12.1. The van der Waals surface area contributed by atoms with E-state index in [1.165, 1.54) is 11.3 Å². The van der Waals surface area contributed by atoms with Crippen LogP contribution in [0.15, 0.2) is 53.6 Å². The second kappa shape index (κ2) is 5.91. The number of aromatic nitrogens is 3. The maximum Gasteiger partial charge on any atom is 0.266 e. The first kappa shape index (κ1) is 14.0. The minimum atomic E-state index is -0.0915. The number of nitrogens with one attached hydrogen (secondary N) is 1. The van der Waals surface area contributed by atoms with Crippen LogP contribution < -0.4 is 14.8 Å². The summed E-state index contributed by atoms with van der Waals surface area (Å²) in [6.07, 6.45) is 7.20. The van der Waals surface area contributed by atoms with Crippen LogP contribution >= 0.6 is 22.7 Å². The number of benzene rings is 1. The van der Waals surface area contributed by atoms with Gasteiger partial charge >= 0.3 is 0 Å². The third kappa shape index (κ3) is 2.99. The molecule has 1 N–H and O–H groups in total. The summed E-state index contributed by atoms with van der Waals surface area (Å²) in [6.45, 7) is 0.